The number of nitrogens with zero attached hydrogens (tertiary/aromatic N) is 1. The molecule has 1 amide bonds. The molecule has 0 aliphatic carbocycles. The van der Waals surface area contributed by atoms with Gasteiger partial charge in [0.05, 0.1) is 6.26 Å². The van der Waals surface area contributed by atoms with Crippen molar-refractivity contribution in [2.24, 2.45) is 0 Å². The molecule has 26 heavy (non-hydrogen) atoms. The van der Waals surface area contributed by atoms with Gasteiger partial charge in [0.2, 0.25) is 15.9 Å². The van der Waals surface area contributed by atoms with E-state index >= 15 is 0 Å². The van der Waals surface area contributed by atoms with E-state index in [0.29, 0.717) is 19.5 Å². The Labute approximate surface area is 156 Å². The van der Waals surface area contributed by atoms with Crippen molar-refractivity contribution in [3.8, 4) is 0 Å². The summed E-state index contributed by atoms with van der Waals surface area (Å²) >= 11 is 0. The van der Waals surface area contributed by atoms with Crippen LogP contribution in [-0.4, -0.2) is 38.0 Å². The summed E-state index contributed by atoms with van der Waals surface area (Å²) in [5.41, 5.74) is 3.25. The average Bonchev–Trinajstić information content (AvgIpc) is 2.60. The van der Waals surface area contributed by atoms with E-state index in [9.17, 15) is 13.2 Å². The minimum Gasteiger partial charge on any atom is -0.352 e. The quantitative estimate of drug-likeness (QED) is 0.733. The first kappa shape index (κ1) is 20.1. The third-order valence-electron chi connectivity index (χ3n) is 4.29. The number of amides is 1. The Morgan fingerprint density at radius 3 is 2.31 bits per heavy atom. The molecule has 2 rings (SSSR count). The molecular weight excluding hydrogens is 348 g/mol. The van der Waals surface area contributed by atoms with E-state index in [1.807, 2.05) is 61.5 Å². The zero-order valence-corrected chi connectivity index (χ0v) is 16.1. The first-order valence-corrected chi connectivity index (χ1v) is 10.5. The number of rotatable bonds is 9. The second-order valence-corrected chi connectivity index (χ2v) is 8.33. The summed E-state index contributed by atoms with van der Waals surface area (Å²) in [4.78, 5) is 12.1. The Bertz CT molecular complexity index is 820. The van der Waals surface area contributed by atoms with Gasteiger partial charge in [0, 0.05) is 26.1 Å². The second-order valence-electron chi connectivity index (χ2n) is 6.35. The van der Waals surface area contributed by atoms with Gasteiger partial charge in [-0.05, 0) is 30.0 Å². The minimum atomic E-state index is -3.35. The third-order valence-corrected chi connectivity index (χ3v) is 5.59. The smallest absolute Gasteiger partial charge is 0.221 e. The van der Waals surface area contributed by atoms with Crippen LogP contribution in [0.5, 0.6) is 0 Å². The van der Waals surface area contributed by atoms with E-state index in [2.05, 4.69) is 5.32 Å². The summed E-state index contributed by atoms with van der Waals surface area (Å²) < 4.78 is 25.3. The van der Waals surface area contributed by atoms with Gasteiger partial charge in [0.25, 0.3) is 0 Å². The van der Waals surface area contributed by atoms with Gasteiger partial charge in [-0.25, -0.2) is 12.7 Å². The lowest BCUT2D eigenvalue weighted by Gasteiger charge is -2.19. The van der Waals surface area contributed by atoms with Crippen LogP contribution in [0.1, 0.15) is 23.1 Å². The largest absolute Gasteiger partial charge is 0.352 e. The first-order chi connectivity index (χ1) is 12.4. The van der Waals surface area contributed by atoms with Gasteiger partial charge in [-0.1, -0.05) is 54.6 Å². The van der Waals surface area contributed by atoms with Gasteiger partial charge < -0.3 is 5.32 Å². The fraction of sp³-hybridized carbons (Fsp3) is 0.350. The van der Waals surface area contributed by atoms with Gasteiger partial charge >= 0.3 is 0 Å². The van der Waals surface area contributed by atoms with Gasteiger partial charge in [-0.2, -0.15) is 0 Å². The Hall–Kier alpha value is -2.18. The molecule has 1 N–H and O–H groups in total. The first-order valence-electron chi connectivity index (χ1n) is 8.66. The molecule has 0 bridgehead atoms. The lowest BCUT2D eigenvalue weighted by molar-refractivity contribution is -0.121. The summed E-state index contributed by atoms with van der Waals surface area (Å²) in [5, 5.41) is 2.86. The molecule has 0 spiro atoms. The van der Waals surface area contributed by atoms with E-state index in [1.165, 1.54) is 10.6 Å². The van der Waals surface area contributed by atoms with Crippen LogP contribution in [-0.2, 0) is 27.8 Å². The number of aryl methyl sites for hydroxylation is 1. The van der Waals surface area contributed by atoms with Gasteiger partial charge in [0.15, 0.2) is 0 Å². The van der Waals surface area contributed by atoms with Crippen LogP contribution in [0.25, 0.3) is 0 Å². The topological polar surface area (TPSA) is 66.5 Å². The van der Waals surface area contributed by atoms with Crippen molar-refractivity contribution in [1.29, 1.82) is 0 Å². The maximum absolute atomic E-state index is 12.1. The lowest BCUT2D eigenvalue weighted by Crippen LogP contribution is -2.36. The highest BCUT2D eigenvalue weighted by molar-refractivity contribution is 7.88. The molecule has 0 heterocycles. The molecule has 140 valence electrons. The highest BCUT2D eigenvalue weighted by Gasteiger charge is 2.17. The van der Waals surface area contributed by atoms with Gasteiger partial charge in [-0.3, -0.25) is 4.79 Å². The van der Waals surface area contributed by atoms with Crippen LogP contribution in [0.2, 0.25) is 0 Å². The fourth-order valence-corrected chi connectivity index (χ4v) is 3.50. The van der Waals surface area contributed by atoms with Gasteiger partial charge in [0.1, 0.15) is 0 Å². The van der Waals surface area contributed by atoms with E-state index in [1.54, 1.807) is 0 Å². The molecule has 0 unspecified atom stereocenters. The fourth-order valence-electron chi connectivity index (χ4n) is 2.66. The predicted octanol–water partition coefficient (Wildman–Crippen LogP) is 2.51. The van der Waals surface area contributed by atoms with Crippen LogP contribution < -0.4 is 5.32 Å². The van der Waals surface area contributed by atoms with E-state index in [0.717, 1.165) is 16.7 Å². The minimum absolute atomic E-state index is 0.147. The molecule has 0 saturated carbocycles. The van der Waals surface area contributed by atoms with Crippen LogP contribution in [0, 0.1) is 6.92 Å². The summed E-state index contributed by atoms with van der Waals surface area (Å²) in [7, 11) is -3.35. The van der Waals surface area contributed by atoms with Crippen molar-refractivity contribution < 1.29 is 13.2 Å². The van der Waals surface area contributed by atoms with Crippen LogP contribution in [0.15, 0.2) is 54.6 Å². The highest BCUT2D eigenvalue weighted by atomic mass is 32.2. The summed E-state index contributed by atoms with van der Waals surface area (Å²) in [6.07, 6.45) is 1.95. The maximum atomic E-state index is 12.1. The van der Waals surface area contributed by atoms with E-state index in [4.69, 9.17) is 0 Å². The Morgan fingerprint density at radius 1 is 1.00 bits per heavy atom. The number of sulfonamides is 1. The highest BCUT2D eigenvalue weighted by Crippen LogP contribution is 2.08. The molecule has 0 aromatic heterocycles. The molecule has 0 radical (unpaired) electrons. The van der Waals surface area contributed by atoms with Crippen LogP contribution >= 0.6 is 0 Å². The molecule has 0 saturated heterocycles. The lowest BCUT2D eigenvalue weighted by atomic mass is 10.1. The van der Waals surface area contributed by atoms with Crippen molar-refractivity contribution in [1.82, 2.24) is 9.62 Å². The van der Waals surface area contributed by atoms with Crippen molar-refractivity contribution in [2.45, 2.75) is 26.3 Å². The van der Waals surface area contributed by atoms with Crippen molar-refractivity contribution in [3.63, 3.8) is 0 Å². The van der Waals surface area contributed by atoms with E-state index < -0.39 is 10.0 Å². The molecule has 2 aromatic carbocycles. The molecule has 6 heteroatoms. The average molecular weight is 375 g/mol. The van der Waals surface area contributed by atoms with Crippen molar-refractivity contribution >= 4 is 15.9 Å². The molecular formula is C20H26N2O3S. The second kappa shape index (κ2) is 9.50. The molecule has 0 aliphatic rings. The molecule has 5 nitrogen and oxygen atoms in total. The zero-order valence-electron chi connectivity index (χ0n) is 15.3. The maximum Gasteiger partial charge on any atom is 0.221 e. The number of carbonyl (C=O) groups excluding carboxylic acids is 1. The normalized spacial score (nSPS) is 11.5. The number of hydrogen-bond acceptors (Lipinski definition) is 3. The molecule has 2 aromatic rings. The van der Waals surface area contributed by atoms with Crippen molar-refractivity contribution in [2.75, 3.05) is 19.3 Å². The summed E-state index contributed by atoms with van der Waals surface area (Å²) in [6.45, 7) is 3.00. The Balaban J connectivity index is 1.84. The summed E-state index contributed by atoms with van der Waals surface area (Å²) in [5.74, 6) is -0.151. The number of hydrogen-bond donors (Lipinski definition) is 1. The predicted molar refractivity (Wildman–Crippen MR) is 104 cm³/mol. The Morgan fingerprint density at radius 2 is 1.65 bits per heavy atom. The molecule has 0 atom stereocenters. The number of nitrogens with one attached hydrogen (secondary N) is 1. The number of benzene rings is 2. The van der Waals surface area contributed by atoms with Crippen molar-refractivity contribution in [3.05, 3.63) is 71.3 Å². The third kappa shape index (κ3) is 6.61. The number of carbonyl (C=O) groups is 1. The summed E-state index contributed by atoms with van der Waals surface area (Å²) in [6, 6.07) is 17.6. The molecule has 0 fully saturated rings. The zero-order chi connectivity index (χ0) is 19.0. The van der Waals surface area contributed by atoms with E-state index in [-0.39, 0.29) is 18.9 Å². The standard InChI is InChI=1S/C20H26N2O3S/c1-17-8-6-7-11-19(17)16-21-20(23)13-15-22(26(2,24)25)14-12-18-9-4-3-5-10-18/h3-11H,12-16H2,1-2H3,(H,21,23). The molecule has 0 aliphatic heterocycles. The monoisotopic (exact) mass is 374 g/mol. The van der Waals surface area contributed by atoms with Gasteiger partial charge in [-0.15, -0.1) is 0 Å². The Kier molecular flexibility index (Phi) is 7.36. The SMILES string of the molecule is Cc1ccccc1CNC(=O)CCN(CCc1ccccc1)S(C)(=O)=O. The van der Waals surface area contributed by atoms with Crippen LogP contribution in [0.4, 0.5) is 0 Å². The van der Waals surface area contributed by atoms with Crippen LogP contribution in [0.3, 0.4) is 0 Å².